The molecule has 0 saturated heterocycles. The van der Waals surface area contributed by atoms with Gasteiger partial charge in [-0.3, -0.25) is 14.9 Å². The number of aliphatic hydroxyl groups excluding tert-OH is 1. The van der Waals surface area contributed by atoms with E-state index >= 15 is 0 Å². The fourth-order valence-electron chi connectivity index (χ4n) is 2.43. The average molecular weight is 413 g/mol. The summed E-state index contributed by atoms with van der Waals surface area (Å²) in [5.74, 6) is -1.04. The first-order valence-electron chi connectivity index (χ1n) is 7.25. The van der Waals surface area contributed by atoms with Gasteiger partial charge >= 0.3 is 80.9 Å². The Bertz CT molecular complexity index is 466. The van der Waals surface area contributed by atoms with Gasteiger partial charge in [0.25, 0.3) is 11.9 Å². The van der Waals surface area contributed by atoms with E-state index in [9.17, 15) is 9.59 Å². The van der Waals surface area contributed by atoms with Crippen molar-refractivity contribution >= 4 is 128 Å². The van der Waals surface area contributed by atoms with Crippen LogP contribution in [-0.4, -0.2) is 115 Å². The van der Waals surface area contributed by atoms with E-state index in [1.165, 1.54) is 0 Å². The molecule has 0 spiro atoms. The Morgan fingerprint density at radius 3 is 2.25 bits per heavy atom. The maximum absolute atomic E-state index is 11.9. The molecule has 0 aromatic heterocycles. The molecule has 0 aliphatic carbocycles. The van der Waals surface area contributed by atoms with E-state index in [1.54, 1.807) is 6.92 Å². The second kappa shape index (κ2) is 15.5. The van der Waals surface area contributed by atoms with E-state index in [1.807, 2.05) is 20.8 Å². The summed E-state index contributed by atoms with van der Waals surface area (Å²) >= 11 is 8.12. The van der Waals surface area contributed by atoms with Crippen molar-refractivity contribution in [3.8, 4) is 0 Å². The first-order valence-corrected chi connectivity index (χ1v) is 8.10. The summed E-state index contributed by atoms with van der Waals surface area (Å²) in [5.41, 5.74) is -1.11. The first-order chi connectivity index (χ1) is 10.3. The van der Waals surface area contributed by atoms with Crippen molar-refractivity contribution in [2.24, 2.45) is 16.3 Å². The third kappa shape index (κ3) is 8.92. The quantitative estimate of drug-likeness (QED) is 0.274. The van der Waals surface area contributed by atoms with Crippen LogP contribution in [0.25, 0.3) is 0 Å². The van der Waals surface area contributed by atoms with Gasteiger partial charge in [0.05, 0.1) is 6.61 Å². The molecule has 2 atom stereocenters. The van der Waals surface area contributed by atoms with Crippen molar-refractivity contribution < 1.29 is 19.4 Å². The van der Waals surface area contributed by atoms with Crippen molar-refractivity contribution in [3.63, 3.8) is 0 Å². The summed E-state index contributed by atoms with van der Waals surface area (Å²) in [5, 5.41) is 11.3. The standard InChI is InChI=1S/C11H18N2O3.C3H6OS2.K.Na.2H/c1-4-6-7(3)11(5-2)8(14)12-10(16)13-9(11)15;1-2-4-3(5)6;;;;/h7H,4-6H2,1-3H3,(H2,12,13,14,15,16);2H2,1H3,(H,5,6);;;;. The molecule has 0 saturated carbocycles. The number of hydrogen-bond donors (Lipinski definition) is 3. The second-order valence-corrected chi connectivity index (χ2v) is 5.99. The van der Waals surface area contributed by atoms with Crippen LogP contribution < -0.4 is 5.32 Å². The molecule has 0 fully saturated rings. The van der Waals surface area contributed by atoms with Crippen LogP contribution >= 0.6 is 24.8 Å². The number of thiol groups is 1. The molecular weight excluding hydrogens is 386 g/mol. The summed E-state index contributed by atoms with van der Waals surface area (Å²) in [6, 6.07) is -0.595. The summed E-state index contributed by atoms with van der Waals surface area (Å²) < 4.78 is 4.95. The minimum atomic E-state index is -1.11. The monoisotopic (exact) mass is 412 g/mol. The van der Waals surface area contributed by atoms with E-state index in [4.69, 9.17) is 5.11 Å². The molecule has 1 heterocycles. The third-order valence-electron chi connectivity index (χ3n) is 3.61. The molecule has 1 aliphatic heterocycles. The average Bonchev–Trinajstić information content (AvgIpc) is 2.39. The van der Waals surface area contributed by atoms with Crippen molar-refractivity contribution in [1.29, 1.82) is 0 Å². The molecular formula is C14H26KN2NaO4S2. The summed E-state index contributed by atoms with van der Waals surface area (Å²) in [6.45, 7) is 8.15. The van der Waals surface area contributed by atoms with Crippen LogP contribution in [0.15, 0.2) is 4.99 Å². The molecule has 24 heavy (non-hydrogen) atoms. The van der Waals surface area contributed by atoms with E-state index in [-0.39, 0.29) is 86.9 Å². The second-order valence-electron chi connectivity index (χ2n) is 4.91. The third-order valence-corrected chi connectivity index (χ3v) is 3.85. The Balaban J connectivity index is -0.000000478. The zero-order valence-electron chi connectivity index (χ0n) is 13.4. The van der Waals surface area contributed by atoms with E-state index < -0.39 is 23.3 Å². The number of carbonyl (C=O) groups is 2. The van der Waals surface area contributed by atoms with Gasteiger partial charge in [-0.1, -0.05) is 39.8 Å². The zero-order valence-corrected chi connectivity index (χ0v) is 15.1. The number of aliphatic hydroxyl groups is 1. The number of amidine groups is 1. The fraction of sp³-hybridized carbons (Fsp3) is 0.714. The zero-order chi connectivity index (χ0) is 17.3. The summed E-state index contributed by atoms with van der Waals surface area (Å²) in [6.07, 6.45) is 2.08. The number of amides is 2. The molecule has 0 bridgehead atoms. The van der Waals surface area contributed by atoms with Crippen LogP contribution in [-0.2, 0) is 14.3 Å². The van der Waals surface area contributed by atoms with Gasteiger partial charge in [-0.2, -0.15) is 4.99 Å². The summed E-state index contributed by atoms with van der Waals surface area (Å²) in [4.78, 5) is 27.2. The van der Waals surface area contributed by atoms with Gasteiger partial charge in [-0.15, -0.1) is 0 Å². The Morgan fingerprint density at radius 1 is 1.42 bits per heavy atom. The predicted octanol–water partition coefficient (Wildman–Crippen LogP) is 1.33. The van der Waals surface area contributed by atoms with Crippen LogP contribution in [0.4, 0.5) is 0 Å². The van der Waals surface area contributed by atoms with Gasteiger partial charge in [-0.05, 0) is 37.9 Å². The number of carbonyl (C=O) groups excluding carboxylic acids is 2. The summed E-state index contributed by atoms with van der Waals surface area (Å²) in [7, 11) is 0. The Kier molecular flexibility index (Phi) is 19.6. The number of nitrogens with one attached hydrogen (secondary N) is 1. The van der Waals surface area contributed by atoms with E-state index in [0.29, 0.717) is 17.4 Å². The van der Waals surface area contributed by atoms with Gasteiger partial charge in [-0.25, -0.2) is 0 Å². The SMILES string of the molecule is CCCC(C)C1(CC)C(=O)N=C(O)NC1=O.CCOC(=S)S.[KH].[NaH]. The Labute approximate surface area is 219 Å². The molecule has 1 aliphatic rings. The molecule has 0 aromatic rings. The number of nitrogens with zero attached hydrogens (tertiary/aromatic N) is 1. The molecule has 130 valence electrons. The van der Waals surface area contributed by atoms with Gasteiger partial charge in [0.15, 0.2) is 0 Å². The van der Waals surface area contributed by atoms with Crippen LogP contribution in [0.1, 0.15) is 47.0 Å². The number of hydrogen-bond acceptors (Lipinski definition) is 4. The molecule has 2 amide bonds. The molecule has 2 N–H and O–H groups in total. The molecule has 0 radical (unpaired) electrons. The van der Waals surface area contributed by atoms with E-state index in [2.05, 4.69) is 39.9 Å². The van der Waals surface area contributed by atoms with Gasteiger partial charge < -0.3 is 9.84 Å². The fourth-order valence-corrected chi connectivity index (χ4v) is 2.68. The molecule has 0 aromatic carbocycles. The predicted molar refractivity (Wildman–Crippen MR) is 108 cm³/mol. The topological polar surface area (TPSA) is 88.0 Å². The van der Waals surface area contributed by atoms with E-state index in [0.717, 1.165) is 12.8 Å². The first kappa shape index (κ1) is 30.2. The van der Waals surface area contributed by atoms with Crippen LogP contribution in [0.2, 0.25) is 0 Å². The Hall–Kier alpha value is 1.49. The van der Waals surface area contributed by atoms with Crippen molar-refractivity contribution in [2.75, 3.05) is 6.61 Å². The van der Waals surface area contributed by atoms with Gasteiger partial charge in [0.2, 0.25) is 10.3 Å². The number of thiocarbonyl (C=S) groups is 1. The Morgan fingerprint density at radius 2 is 1.96 bits per heavy atom. The molecule has 1 rings (SSSR count). The molecule has 6 nitrogen and oxygen atoms in total. The van der Waals surface area contributed by atoms with Crippen LogP contribution in [0.5, 0.6) is 0 Å². The number of rotatable bonds is 5. The maximum atomic E-state index is 11.9. The van der Waals surface area contributed by atoms with Crippen LogP contribution in [0, 0.1) is 11.3 Å². The minimum absolute atomic E-state index is 0. The van der Waals surface area contributed by atoms with Gasteiger partial charge in [0.1, 0.15) is 5.41 Å². The van der Waals surface area contributed by atoms with Gasteiger partial charge in [0, 0.05) is 0 Å². The molecule has 10 heteroatoms. The normalized spacial score (nSPS) is 20.1. The van der Waals surface area contributed by atoms with Crippen molar-refractivity contribution in [3.05, 3.63) is 0 Å². The number of aliphatic imine (C=N–C) groups is 1. The number of ether oxygens (including phenoxy) is 1. The van der Waals surface area contributed by atoms with Crippen molar-refractivity contribution in [1.82, 2.24) is 5.32 Å². The van der Waals surface area contributed by atoms with Crippen molar-refractivity contribution in [2.45, 2.75) is 47.0 Å². The van der Waals surface area contributed by atoms with Crippen LogP contribution in [0.3, 0.4) is 0 Å². The molecule has 2 unspecified atom stereocenters.